The Morgan fingerprint density at radius 1 is 1.53 bits per heavy atom. The molecule has 0 spiro atoms. The Bertz CT molecular complexity index is 427. The standard InChI is InChI=1S/C12H13NO2/c1-9-10(5-3-7-11(9)13)6-4-8-12(14)15-2/h3,5,7H,8,13H2,1-2H3. The van der Waals surface area contributed by atoms with E-state index in [0.29, 0.717) is 5.69 Å². The Hall–Kier alpha value is -1.95. The molecule has 0 atom stereocenters. The number of ether oxygens (including phenoxy) is 1. The second-order valence-electron chi connectivity index (χ2n) is 3.07. The van der Waals surface area contributed by atoms with Crippen LogP contribution in [0.2, 0.25) is 0 Å². The highest BCUT2D eigenvalue weighted by molar-refractivity contribution is 5.72. The molecule has 1 rings (SSSR count). The highest BCUT2D eigenvalue weighted by atomic mass is 16.5. The van der Waals surface area contributed by atoms with E-state index in [4.69, 9.17) is 5.73 Å². The van der Waals surface area contributed by atoms with Gasteiger partial charge in [-0.15, -0.1) is 0 Å². The van der Waals surface area contributed by atoms with Gasteiger partial charge in [0.2, 0.25) is 0 Å². The minimum atomic E-state index is -0.330. The largest absolute Gasteiger partial charge is 0.468 e. The normalized spacial score (nSPS) is 8.93. The van der Waals surface area contributed by atoms with Gasteiger partial charge in [-0.3, -0.25) is 4.79 Å². The van der Waals surface area contributed by atoms with Crippen LogP contribution in [-0.2, 0) is 9.53 Å². The minimum absolute atomic E-state index is 0.102. The van der Waals surface area contributed by atoms with Crippen LogP contribution in [-0.4, -0.2) is 13.1 Å². The number of methoxy groups -OCH3 is 1. The molecule has 0 amide bonds. The molecule has 0 aromatic heterocycles. The van der Waals surface area contributed by atoms with E-state index >= 15 is 0 Å². The molecular weight excluding hydrogens is 190 g/mol. The number of benzene rings is 1. The first-order valence-electron chi connectivity index (χ1n) is 4.56. The van der Waals surface area contributed by atoms with Crippen LogP contribution in [0.5, 0.6) is 0 Å². The Labute approximate surface area is 89.2 Å². The number of hydrogen-bond acceptors (Lipinski definition) is 3. The summed E-state index contributed by atoms with van der Waals surface area (Å²) in [7, 11) is 1.34. The van der Waals surface area contributed by atoms with Gasteiger partial charge in [0.05, 0.1) is 7.11 Å². The van der Waals surface area contributed by atoms with Crippen LogP contribution in [0.3, 0.4) is 0 Å². The van der Waals surface area contributed by atoms with Gasteiger partial charge in [0.15, 0.2) is 0 Å². The van der Waals surface area contributed by atoms with Crippen molar-refractivity contribution in [2.75, 3.05) is 12.8 Å². The van der Waals surface area contributed by atoms with Gasteiger partial charge in [-0.1, -0.05) is 17.9 Å². The number of hydrogen-bond donors (Lipinski definition) is 1. The Balaban J connectivity index is 2.80. The van der Waals surface area contributed by atoms with Crippen molar-refractivity contribution in [3.63, 3.8) is 0 Å². The summed E-state index contributed by atoms with van der Waals surface area (Å²) >= 11 is 0. The van der Waals surface area contributed by atoms with E-state index < -0.39 is 0 Å². The summed E-state index contributed by atoms with van der Waals surface area (Å²) in [6.07, 6.45) is 0.102. The SMILES string of the molecule is COC(=O)CC#Cc1cccc(N)c1C. The molecule has 0 fully saturated rings. The van der Waals surface area contributed by atoms with E-state index in [1.807, 2.05) is 25.1 Å². The van der Waals surface area contributed by atoms with Gasteiger partial charge in [-0.2, -0.15) is 0 Å². The second-order valence-corrected chi connectivity index (χ2v) is 3.07. The number of esters is 1. The summed E-state index contributed by atoms with van der Waals surface area (Å²) in [5, 5.41) is 0. The summed E-state index contributed by atoms with van der Waals surface area (Å²) in [4.78, 5) is 10.8. The van der Waals surface area contributed by atoms with Gasteiger partial charge in [0.1, 0.15) is 6.42 Å². The molecule has 0 heterocycles. The van der Waals surface area contributed by atoms with Crippen LogP contribution in [0.1, 0.15) is 17.5 Å². The molecule has 2 N–H and O–H groups in total. The fourth-order valence-electron chi connectivity index (χ4n) is 1.07. The molecule has 0 unspecified atom stereocenters. The lowest BCUT2D eigenvalue weighted by molar-refractivity contribution is -0.139. The summed E-state index contributed by atoms with van der Waals surface area (Å²) in [6.45, 7) is 1.90. The highest BCUT2D eigenvalue weighted by Crippen LogP contribution is 2.13. The lowest BCUT2D eigenvalue weighted by Crippen LogP contribution is -1.97. The Morgan fingerprint density at radius 3 is 2.93 bits per heavy atom. The van der Waals surface area contributed by atoms with Crippen LogP contribution in [0, 0.1) is 18.8 Å². The fraction of sp³-hybridized carbons (Fsp3) is 0.250. The van der Waals surface area contributed by atoms with E-state index in [0.717, 1.165) is 11.1 Å². The van der Waals surface area contributed by atoms with Crippen molar-refractivity contribution in [1.29, 1.82) is 0 Å². The van der Waals surface area contributed by atoms with Crippen molar-refractivity contribution < 1.29 is 9.53 Å². The van der Waals surface area contributed by atoms with Crippen molar-refractivity contribution in [1.82, 2.24) is 0 Å². The molecule has 78 valence electrons. The average Bonchev–Trinajstić information content (AvgIpc) is 2.24. The molecule has 3 heteroatoms. The molecule has 3 nitrogen and oxygen atoms in total. The van der Waals surface area contributed by atoms with E-state index in [1.54, 1.807) is 0 Å². The lowest BCUT2D eigenvalue weighted by Gasteiger charge is -2.00. The first-order valence-corrected chi connectivity index (χ1v) is 4.56. The van der Waals surface area contributed by atoms with Crippen LogP contribution in [0.15, 0.2) is 18.2 Å². The van der Waals surface area contributed by atoms with Gasteiger partial charge >= 0.3 is 5.97 Å². The van der Waals surface area contributed by atoms with Gasteiger partial charge in [0.25, 0.3) is 0 Å². The zero-order valence-electron chi connectivity index (χ0n) is 8.83. The predicted octanol–water partition coefficient (Wildman–Crippen LogP) is 1.49. The van der Waals surface area contributed by atoms with Gasteiger partial charge < -0.3 is 10.5 Å². The quantitative estimate of drug-likeness (QED) is 0.427. The topological polar surface area (TPSA) is 52.3 Å². The average molecular weight is 203 g/mol. The second kappa shape index (κ2) is 5.06. The maximum atomic E-state index is 10.8. The predicted molar refractivity (Wildman–Crippen MR) is 59.1 cm³/mol. The number of carbonyl (C=O) groups excluding carboxylic acids is 1. The molecular formula is C12H13NO2. The number of rotatable bonds is 1. The van der Waals surface area contributed by atoms with Crippen molar-refractivity contribution in [3.05, 3.63) is 29.3 Å². The third-order valence-electron chi connectivity index (χ3n) is 2.06. The number of nitrogens with two attached hydrogens (primary N) is 1. The van der Waals surface area contributed by atoms with Crippen molar-refractivity contribution in [2.45, 2.75) is 13.3 Å². The molecule has 1 aromatic rings. The molecule has 1 aromatic carbocycles. The van der Waals surface area contributed by atoms with Crippen molar-refractivity contribution in [3.8, 4) is 11.8 Å². The molecule has 0 bridgehead atoms. The van der Waals surface area contributed by atoms with Crippen LogP contribution in [0.25, 0.3) is 0 Å². The number of anilines is 1. The summed E-state index contributed by atoms with van der Waals surface area (Å²) in [6, 6.07) is 5.53. The van der Waals surface area contributed by atoms with Crippen molar-refractivity contribution >= 4 is 11.7 Å². The lowest BCUT2D eigenvalue weighted by atomic mass is 10.1. The minimum Gasteiger partial charge on any atom is -0.468 e. The molecule has 0 aliphatic heterocycles. The number of nitrogen functional groups attached to an aromatic ring is 1. The highest BCUT2D eigenvalue weighted by Gasteiger charge is 1.98. The monoisotopic (exact) mass is 203 g/mol. The Morgan fingerprint density at radius 2 is 2.27 bits per heavy atom. The maximum absolute atomic E-state index is 10.8. The van der Waals surface area contributed by atoms with Gasteiger partial charge in [-0.05, 0) is 24.6 Å². The summed E-state index contributed by atoms with van der Waals surface area (Å²) in [5.74, 6) is 5.30. The summed E-state index contributed by atoms with van der Waals surface area (Å²) < 4.78 is 4.48. The van der Waals surface area contributed by atoms with Crippen molar-refractivity contribution in [2.24, 2.45) is 0 Å². The zero-order valence-corrected chi connectivity index (χ0v) is 8.83. The maximum Gasteiger partial charge on any atom is 0.317 e. The summed E-state index contributed by atoms with van der Waals surface area (Å²) in [5.41, 5.74) is 8.21. The first-order chi connectivity index (χ1) is 7.15. The van der Waals surface area contributed by atoms with E-state index in [1.165, 1.54) is 7.11 Å². The van der Waals surface area contributed by atoms with Crippen LogP contribution in [0.4, 0.5) is 5.69 Å². The van der Waals surface area contributed by atoms with E-state index in [2.05, 4.69) is 16.6 Å². The fourth-order valence-corrected chi connectivity index (χ4v) is 1.07. The molecule has 0 saturated heterocycles. The molecule has 0 saturated carbocycles. The van der Waals surface area contributed by atoms with Gasteiger partial charge in [0, 0.05) is 11.3 Å². The first kappa shape index (κ1) is 11.1. The Kier molecular flexibility index (Phi) is 3.75. The molecule has 0 radical (unpaired) electrons. The van der Waals surface area contributed by atoms with Gasteiger partial charge in [-0.25, -0.2) is 0 Å². The zero-order chi connectivity index (χ0) is 11.3. The number of carbonyl (C=O) groups is 1. The van der Waals surface area contributed by atoms with Crippen LogP contribution >= 0.6 is 0 Å². The smallest absolute Gasteiger partial charge is 0.317 e. The molecule has 15 heavy (non-hydrogen) atoms. The van der Waals surface area contributed by atoms with Crippen LogP contribution < -0.4 is 5.73 Å². The molecule has 0 aliphatic carbocycles. The third-order valence-corrected chi connectivity index (χ3v) is 2.06. The van der Waals surface area contributed by atoms with E-state index in [9.17, 15) is 4.79 Å². The molecule has 0 aliphatic rings. The van der Waals surface area contributed by atoms with E-state index in [-0.39, 0.29) is 12.4 Å². The third kappa shape index (κ3) is 3.03.